The van der Waals surface area contributed by atoms with Gasteiger partial charge in [0.2, 0.25) is 0 Å². The normalized spacial score (nSPS) is 11.3. The van der Waals surface area contributed by atoms with Crippen LogP contribution in [0.25, 0.3) is 0 Å². The lowest BCUT2D eigenvalue weighted by Crippen LogP contribution is -2.05. The summed E-state index contributed by atoms with van der Waals surface area (Å²) in [5, 5.41) is 51.0. The molecule has 5 heteroatoms. The first kappa shape index (κ1) is 24.6. The van der Waals surface area contributed by atoms with E-state index in [-0.39, 0.29) is 30.5 Å². The molecule has 176 valence electrons. The fourth-order valence-corrected chi connectivity index (χ4v) is 4.69. The monoisotopic (exact) mass is 450 g/mol. The number of rotatable bonds is 6. The lowest BCUT2D eigenvalue weighted by Gasteiger charge is -2.20. The van der Waals surface area contributed by atoms with Crippen LogP contribution in [0.3, 0.4) is 0 Å². The van der Waals surface area contributed by atoms with Gasteiger partial charge in [0.05, 0.1) is 13.2 Å². The highest BCUT2D eigenvalue weighted by Crippen LogP contribution is 2.36. The van der Waals surface area contributed by atoms with Crippen LogP contribution < -0.4 is 0 Å². The van der Waals surface area contributed by atoms with Gasteiger partial charge in [0.1, 0.15) is 17.2 Å². The minimum atomic E-state index is -0.247. The topological polar surface area (TPSA) is 101 Å². The Hall–Kier alpha value is -3.02. The molecular formula is C28H34O5. The van der Waals surface area contributed by atoms with E-state index >= 15 is 0 Å². The highest BCUT2D eigenvalue weighted by molar-refractivity contribution is 5.56. The van der Waals surface area contributed by atoms with Crippen LogP contribution in [0.15, 0.2) is 18.2 Å². The maximum absolute atomic E-state index is 10.9. The van der Waals surface area contributed by atoms with E-state index < -0.39 is 0 Å². The number of phenolic OH excluding ortho intramolecular Hbond substituents is 1. The summed E-state index contributed by atoms with van der Waals surface area (Å²) in [7, 11) is 0. The number of benzene rings is 3. The lowest BCUT2D eigenvalue weighted by atomic mass is 9.86. The molecule has 0 amide bonds. The van der Waals surface area contributed by atoms with E-state index in [0.717, 1.165) is 50.1 Å². The van der Waals surface area contributed by atoms with Crippen LogP contribution in [0, 0.1) is 41.5 Å². The average molecular weight is 451 g/mol. The molecule has 0 saturated carbocycles. The zero-order valence-electron chi connectivity index (χ0n) is 20.3. The Kier molecular flexibility index (Phi) is 7.06. The summed E-state index contributed by atoms with van der Waals surface area (Å²) >= 11 is 0. The van der Waals surface area contributed by atoms with Crippen LogP contribution in [-0.4, -0.2) is 25.5 Å². The van der Waals surface area contributed by atoms with Crippen molar-refractivity contribution in [3.8, 4) is 17.2 Å². The van der Waals surface area contributed by atoms with Crippen LogP contribution in [0.2, 0.25) is 0 Å². The molecule has 0 atom stereocenters. The quantitative estimate of drug-likeness (QED) is 0.371. The van der Waals surface area contributed by atoms with E-state index in [2.05, 4.69) is 0 Å². The molecule has 0 aliphatic rings. The summed E-state index contributed by atoms with van der Waals surface area (Å²) in [5.74, 6) is 0.500. The van der Waals surface area contributed by atoms with Gasteiger partial charge in [-0.05, 0) is 98.0 Å². The smallest absolute Gasteiger partial charge is 0.124 e. The second-order valence-corrected chi connectivity index (χ2v) is 9.08. The summed E-state index contributed by atoms with van der Waals surface area (Å²) in [4.78, 5) is 0. The first-order valence-electron chi connectivity index (χ1n) is 11.2. The molecule has 0 unspecified atom stereocenters. The van der Waals surface area contributed by atoms with Crippen molar-refractivity contribution < 1.29 is 25.5 Å². The first-order chi connectivity index (χ1) is 15.5. The van der Waals surface area contributed by atoms with Gasteiger partial charge in [0.25, 0.3) is 0 Å². The second-order valence-electron chi connectivity index (χ2n) is 9.08. The fraction of sp³-hybridized carbons (Fsp3) is 0.357. The van der Waals surface area contributed by atoms with Gasteiger partial charge >= 0.3 is 0 Å². The Morgan fingerprint density at radius 3 is 1.15 bits per heavy atom. The third-order valence-corrected chi connectivity index (χ3v) is 7.02. The second kappa shape index (κ2) is 9.46. The molecular weight excluding hydrogens is 416 g/mol. The van der Waals surface area contributed by atoms with Crippen LogP contribution in [0.5, 0.6) is 17.2 Å². The number of aryl methyl sites for hydroxylation is 3. The van der Waals surface area contributed by atoms with Gasteiger partial charge in [-0.25, -0.2) is 0 Å². The van der Waals surface area contributed by atoms with E-state index in [1.165, 1.54) is 0 Å². The SMILES string of the molecule is Cc1cc(Cc2cc(C)c(O)c(Cc3cc(C)c(O)c(CO)c3C)c2C)c(C)c(CO)c1O. The minimum absolute atomic E-state index is 0.113. The molecule has 0 aliphatic heterocycles. The van der Waals surface area contributed by atoms with Crippen molar-refractivity contribution in [2.75, 3.05) is 0 Å². The molecule has 0 fully saturated rings. The van der Waals surface area contributed by atoms with E-state index in [9.17, 15) is 25.5 Å². The Bertz CT molecular complexity index is 1220. The van der Waals surface area contributed by atoms with Crippen molar-refractivity contribution in [3.05, 3.63) is 85.0 Å². The predicted octanol–water partition coefficient (Wildman–Crippen LogP) is 4.82. The summed E-state index contributed by atoms with van der Waals surface area (Å²) in [6.45, 7) is 10.8. The first-order valence-corrected chi connectivity index (χ1v) is 11.2. The van der Waals surface area contributed by atoms with Gasteiger partial charge in [-0.2, -0.15) is 0 Å². The van der Waals surface area contributed by atoms with E-state index in [1.54, 1.807) is 6.92 Å². The molecule has 33 heavy (non-hydrogen) atoms. The summed E-state index contributed by atoms with van der Waals surface area (Å²) in [6.07, 6.45) is 1.08. The van der Waals surface area contributed by atoms with Crippen LogP contribution >= 0.6 is 0 Å². The molecule has 0 spiro atoms. The summed E-state index contributed by atoms with van der Waals surface area (Å²) < 4.78 is 0. The highest BCUT2D eigenvalue weighted by Gasteiger charge is 2.19. The Labute approximate surface area is 195 Å². The average Bonchev–Trinajstić information content (AvgIpc) is 2.77. The maximum atomic E-state index is 10.9. The Morgan fingerprint density at radius 2 is 0.788 bits per heavy atom. The Morgan fingerprint density at radius 1 is 0.485 bits per heavy atom. The molecule has 0 bridgehead atoms. The third-order valence-electron chi connectivity index (χ3n) is 7.02. The van der Waals surface area contributed by atoms with E-state index in [0.29, 0.717) is 29.5 Å². The van der Waals surface area contributed by atoms with Gasteiger partial charge in [0, 0.05) is 23.1 Å². The maximum Gasteiger partial charge on any atom is 0.124 e. The van der Waals surface area contributed by atoms with E-state index in [1.807, 2.05) is 52.8 Å². The molecule has 0 heterocycles. The molecule has 0 radical (unpaired) electrons. The van der Waals surface area contributed by atoms with Gasteiger partial charge in [-0.3, -0.25) is 0 Å². The van der Waals surface area contributed by atoms with Crippen molar-refractivity contribution in [2.24, 2.45) is 0 Å². The summed E-state index contributed by atoms with van der Waals surface area (Å²) in [5.41, 5.74) is 9.76. The predicted molar refractivity (Wildman–Crippen MR) is 130 cm³/mol. The Balaban J connectivity index is 2.11. The molecule has 5 N–H and O–H groups in total. The highest BCUT2D eigenvalue weighted by atomic mass is 16.3. The van der Waals surface area contributed by atoms with Gasteiger partial charge < -0.3 is 25.5 Å². The molecule has 0 saturated heterocycles. The third kappa shape index (κ3) is 4.43. The largest absolute Gasteiger partial charge is 0.507 e. The number of aliphatic hydroxyl groups is 2. The van der Waals surface area contributed by atoms with Crippen molar-refractivity contribution in [3.63, 3.8) is 0 Å². The zero-order chi connectivity index (χ0) is 24.6. The molecule has 5 nitrogen and oxygen atoms in total. The zero-order valence-corrected chi connectivity index (χ0v) is 20.3. The van der Waals surface area contributed by atoms with Crippen molar-refractivity contribution >= 4 is 0 Å². The minimum Gasteiger partial charge on any atom is -0.507 e. The van der Waals surface area contributed by atoms with Crippen LogP contribution in [0.1, 0.15) is 66.8 Å². The fourth-order valence-electron chi connectivity index (χ4n) is 4.69. The van der Waals surface area contributed by atoms with Crippen LogP contribution in [-0.2, 0) is 26.1 Å². The standard InChI is InChI=1S/C28H34O5/c1-14-7-20(10-21-8-15(2)27(32)24(12-29)18(21)5)17(4)23(26(14)31)11-22-9-16(3)28(33)25(13-30)19(22)6/h7-9,29-33H,10-13H2,1-6H3. The van der Waals surface area contributed by atoms with Crippen LogP contribution in [0.4, 0.5) is 0 Å². The molecule has 3 aromatic carbocycles. The van der Waals surface area contributed by atoms with Crippen molar-refractivity contribution in [2.45, 2.75) is 67.6 Å². The van der Waals surface area contributed by atoms with Crippen molar-refractivity contribution in [1.29, 1.82) is 0 Å². The summed E-state index contributed by atoms with van der Waals surface area (Å²) in [6, 6.07) is 5.85. The molecule has 0 aromatic heterocycles. The van der Waals surface area contributed by atoms with Gasteiger partial charge in [-0.15, -0.1) is 0 Å². The molecule has 3 aromatic rings. The van der Waals surface area contributed by atoms with Gasteiger partial charge in [-0.1, -0.05) is 18.2 Å². The number of hydrogen-bond donors (Lipinski definition) is 5. The van der Waals surface area contributed by atoms with Gasteiger partial charge in [0.15, 0.2) is 0 Å². The number of aliphatic hydroxyl groups excluding tert-OH is 2. The van der Waals surface area contributed by atoms with E-state index in [4.69, 9.17) is 0 Å². The molecule has 3 rings (SSSR count). The van der Waals surface area contributed by atoms with Crippen molar-refractivity contribution in [1.82, 2.24) is 0 Å². The lowest BCUT2D eigenvalue weighted by molar-refractivity contribution is 0.274. The number of phenols is 3. The number of hydrogen-bond acceptors (Lipinski definition) is 5. The number of aromatic hydroxyl groups is 3. The molecule has 0 aliphatic carbocycles.